The van der Waals surface area contributed by atoms with Crippen LogP contribution in [0.3, 0.4) is 0 Å². The fraction of sp³-hybridized carbons (Fsp3) is 0.143. The molecule has 0 aliphatic rings. The zero-order valence-electron chi connectivity index (χ0n) is 9.50. The van der Waals surface area contributed by atoms with E-state index in [1.165, 1.54) is 6.07 Å². The van der Waals surface area contributed by atoms with Gasteiger partial charge in [0.2, 0.25) is 5.82 Å². The van der Waals surface area contributed by atoms with Crippen LogP contribution in [0.5, 0.6) is 5.75 Å². The molecule has 0 bridgehead atoms. The molecule has 0 unspecified atom stereocenters. The van der Waals surface area contributed by atoms with E-state index in [1.54, 1.807) is 0 Å². The first-order valence-electron chi connectivity index (χ1n) is 5.48. The van der Waals surface area contributed by atoms with Gasteiger partial charge in [0.1, 0.15) is 0 Å². The zero-order valence-corrected chi connectivity index (χ0v) is 11.1. The van der Waals surface area contributed by atoms with Gasteiger partial charge in [-0.1, -0.05) is 46.3 Å². The van der Waals surface area contributed by atoms with E-state index < -0.39 is 11.6 Å². The zero-order chi connectivity index (χ0) is 13.0. The van der Waals surface area contributed by atoms with Crippen LogP contribution in [0.25, 0.3) is 0 Å². The third-order valence-corrected chi connectivity index (χ3v) is 2.91. The molecule has 0 atom stereocenters. The minimum atomic E-state index is -0.953. The highest BCUT2D eigenvalue weighted by Gasteiger charge is 2.11. The number of halogens is 3. The average molecular weight is 313 g/mol. The van der Waals surface area contributed by atoms with Crippen LogP contribution in [0.4, 0.5) is 8.78 Å². The molecule has 0 spiro atoms. The molecule has 2 aromatic carbocycles. The molecular weight excluding hydrogens is 302 g/mol. The lowest BCUT2D eigenvalue weighted by molar-refractivity contribution is 0.298. The molecule has 0 radical (unpaired) electrons. The summed E-state index contributed by atoms with van der Waals surface area (Å²) < 4.78 is 32.2. The quantitative estimate of drug-likeness (QED) is 0.763. The van der Waals surface area contributed by atoms with Crippen LogP contribution in [-0.2, 0) is 6.42 Å². The van der Waals surface area contributed by atoms with Gasteiger partial charge < -0.3 is 4.74 Å². The lowest BCUT2D eigenvalue weighted by atomic mass is 10.2. The molecule has 0 amide bonds. The van der Waals surface area contributed by atoms with Crippen molar-refractivity contribution in [2.45, 2.75) is 6.42 Å². The Bertz CT molecular complexity index is 529. The highest BCUT2D eigenvalue weighted by molar-refractivity contribution is 9.10. The van der Waals surface area contributed by atoms with Crippen molar-refractivity contribution in [2.24, 2.45) is 0 Å². The van der Waals surface area contributed by atoms with Gasteiger partial charge >= 0.3 is 0 Å². The van der Waals surface area contributed by atoms with Crippen LogP contribution in [0.2, 0.25) is 0 Å². The largest absolute Gasteiger partial charge is 0.490 e. The van der Waals surface area contributed by atoms with Gasteiger partial charge in [0.15, 0.2) is 11.6 Å². The van der Waals surface area contributed by atoms with Gasteiger partial charge in [-0.2, -0.15) is 4.39 Å². The van der Waals surface area contributed by atoms with Gasteiger partial charge in [-0.25, -0.2) is 4.39 Å². The summed E-state index contributed by atoms with van der Waals surface area (Å²) in [5.41, 5.74) is 1.09. The Morgan fingerprint density at radius 2 is 1.78 bits per heavy atom. The molecule has 0 fully saturated rings. The third kappa shape index (κ3) is 3.29. The standard InChI is InChI=1S/C14H11BrF2O/c15-11-8-12(16)14(17)13(9-11)18-7-6-10-4-2-1-3-5-10/h1-5,8-9H,6-7H2. The molecule has 94 valence electrons. The maximum absolute atomic E-state index is 13.4. The molecule has 0 aromatic heterocycles. The fourth-order valence-electron chi connectivity index (χ4n) is 1.56. The van der Waals surface area contributed by atoms with E-state index in [0.29, 0.717) is 17.5 Å². The minimum absolute atomic E-state index is 0.0715. The number of rotatable bonds is 4. The first-order chi connectivity index (χ1) is 8.66. The SMILES string of the molecule is Fc1cc(Br)cc(OCCc2ccccc2)c1F. The summed E-state index contributed by atoms with van der Waals surface area (Å²) in [6.45, 7) is 0.302. The Hall–Kier alpha value is -1.42. The van der Waals surface area contributed by atoms with Crippen LogP contribution in [0, 0.1) is 11.6 Å². The summed E-state index contributed by atoms with van der Waals surface area (Å²) in [6.07, 6.45) is 0.647. The van der Waals surface area contributed by atoms with Crippen molar-refractivity contribution in [1.29, 1.82) is 0 Å². The summed E-state index contributed by atoms with van der Waals surface area (Å²) in [4.78, 5) is 0. The maximum atomic E-state index is 13.4. The van der Waals surface area contributed by atoms with Gasteiger partial charge in [-0.05, 0) is 17.7 Å². The first kappa shape index (κ1) is 13.0. The lowest BCUT2D eigenvalue weighted by Crippen LogP contribution is -2.03. The van der Waals surface area contributed by atoms with Gasteiger partial charge in [0.25, 0.3) is 0 Å². The van der Waals surface area contributed by atoms with Crippen molar-refractivity contribution in [3.63, 3.8) is 0 Å². The molecule has 4 heteroatoms. The minimum Gasteiger partial charge on any atom is -0.490 e. The van der Waals surface area contributed by atoms with E-state index in [4.69, 9.17) is 4.74 Å². The molecule has 0 saturated heterocycles. The van der Waals surface area contributed by atoms with Gasteiger partial charge in [-0.15, -0.1) is 0 Å². The molecule has 0 saturated carbocycles. The Balaban J connectivity index is 1.99. The second-order valence-electron chi connectivity index (χ2n) is 3.78. The van der Waals surface area contributed by atoms with Gasteiger partial charge in [0.05, 0.1) is 6.61 Å². The molecule has 0 aliphatic heterocycles. The Morgan fingerprint density at radius 1 is 1.06 bits per heavy atom. The molecule has 18 heavy (non-hydrogen) atoms. The van der Waals surface area contributed by atoms with Crippen molar-refractivity contribution in [1.82, 2.24) is 0 Å². The van der Waals surface area contributed by atoms with Crippen LogP contribution in [-0.4, -0.2) is 6.61 Å². The summed E-state index contributed by atoms with van der Waals surface area (Å²) >= 11 is 3.10. The Kier molecular flexibility index (Phi) is 4.31. The number of ether oxygens (including phenoxy) is 1. The van der Waals surface area contributed by atoms with Crippen molar-refractivity contribution in [2.75, 3.05) is 6.61 Å². The van der Waals surface area contributed by atoms with E-state index >= 15 is 0 Å². The predicted molar refractivity (Wildman–Crippen MR) is 69.7 cm³/mol. The molecule has 0 aliphatic carbocycles. The number of hydrogen-bond acceptors (Lipinski definition) is 1. The Labute approximate surface area is 113 Å². The summed E-state index contributed by atoms with van der Waals surface area (Å²) in [5, 5.41) is 0. The van der Waals surface area contributed by atoms with E-state index in [-0.39, 0.29) is 5.75 Å². The highest BCUT2D eigenvalue weighted by atomic mass is 79.9. The van der Waals surface area contributed by atoms with E-state index in [0.717, 1.165) is 11.6 Å². The highest BCUT2D eigenvalue weighted by Crippen LogP contribution is 2.25. The van der Waals surface area contributed by atoms with Crippen LogP contribution in [0.1, 0.15) is 5.56 Å². The number of hydrogen-bond donors (Lipinski definition) is 0. The second-order valence-corrected chi connectivity index (χ2v) is 4.70. The predicted octanol–water partition coefficient (Wildman–Crippen LogP) is 4.35. The van der Waals surface area contributed by atoms with Crippen molar-refractivity contribution < 1.29 is 13.5 Å². The van der Waals surface area contributed by atoms with Crippen LogP contribution in [0.15, 0.2) is 46.9 Å². The van der Waals surface area contributed by atoms with E-state index in [2.05, 4.69) is 15.9 Å². The van der Waals surface area contributed by atoms with Crippen LogP contribution < -0.4 is 4.74 Å². The first-order valence-corrected chi connectivity index (χ1v) is 6.27. The fourth-order valence-corrected chi connectivity index (χ4v) is 1.97. The summed E-state index contributed by atoms with van der Waals surface area (Å²) in [6, 6.07) is 12.2. The molecule has 2 aromatic rings. The van der Waals surface area contributed by atoms with Gasteiger partial charge in [0, 0.05) is 10.9 Å². The van der Waals surface area contributed by atoms with E-state index in [9.17, 15) is 8.78 Å². The monoisotopic (exact) mass is 312 g/mol. The molecule has 0 heterocycles. The number of benzene rings is 2. The van der Waals surface area contributed by atoms with Crippen LogP contribution >= 0.6 is 15.9 Å². The Morgan fingerprint density at radius 3 is 2.50 bits per heavy atom. The molecular formula is C14H11BrF2O. The summed E-state index contributed by atoms with van der Waals surface area (Å²) in [5.74, 6) is -1.94. The normalized spacial score (nSPS) is 10.4. The smallest absolute Gasteiger partial charge is 0.200 e. The van der Waals surface area contributed by atoms with Crippen molar-refractivity contribution in [3.05, 3.63) is 64.1 Å². The maximum Gasteiger partial charge on any atom is 0.200 e. The third-order valence-electron chi connectivity index (χ3n) is 2.45. The van der Waals surface area contributed by atoms with Crippen molar-refractivity contribution in [3.8, 4) is 5.75 Å². The lowest BCUT2D eigenvalue weighted by Gasteiger charge is -2.08. The molecule has 0 N–H and O–H groups in total. The molecule has 1 nitrogen and oxygen atoms in total. The topological polar surface area (TPSA) is 9.23 Å². The van der Waals surface area contributed by atoms with Crippen molar-refractivity contribution >= 4 is 15.9 Å². The summed E-state index contributed by atoms with van der Waals surface area (Å²) in [7, 11) is 0. The van der Waals surface area contributed by atoms with Gasteiger partial charge in [-0.3, -0.25) is 0 Å². The molecule has 2 rings (SSSR count). The second kappa shape index (κ2) is 5.96. The average Bonchev–Trinajstić information content (AvgIpc) is 2.36. The van der Waals surface area contributed by atoms with E-state index in [1.807, 2.05) is 30.3 Å².